The summed E-state index contributed by atoms with van der Waals surface area (Å²) < 4.78 is 0. The number of hydrogen-bond acceptors (Lipinski definition) is 0. The summed E-state index contributed by atoms with van der Waals surface area (Å²) in [6, 6.07) is 0. The van der Waals surface area contributed by atoms with E-state index in [1.165, 1.54) is 0 Å². The molecular weight excluding hydrogens is 366 g/mol. The van der Waals surface area contributed by atoms with E-state index in [0.717, 1.165) is 0 Å². The van der Waals surface area contributed by atoms with Crippen LogP contribution in [0, 0.1) is 0 Å². The fourth-order valence-electron chi connectivity index (χ4n) is 0. The van der Waals surface area contributed by atoms with Gasteiger partial charge in [-0.3, -0.25) is 18.8 Å². The van der Waals surface area contributed by atoms with Crippen molar-refractivity contribution < 1.29 is 18.8 Å². The zero-order valence-corrected chi connectivity index (χ0v) is 1.63. The summed E-state index contributed by atoms with van der Waals surface area (Å²) in [5, 5.41) is 0. The fraction of sp³-hybridized carbons (Fsp3) is 0. The Labute approximate surface area is 88.7 Å². The van der Waals surface area contributed by atoms with Crippen molar-refractivity contribution in [1.82, 2.24) is 0 Å². The van der Waals surface area contributed by atoms with Crippen molar-refractivity contribution in [2.75, 3.05) is 0 Å². The Morgan fingerprint density at radius 1 is 0.250 bits per heavy atom. The quantitative estimate of drug-likeness (QED) is 0.289. The first-order valence-corrected chi connectivity index (χ1v) is 0. The third-order valence-electron chi connectivity index (χ3n) is 0. The first-order valence-electron chi connectivity index (χ1n) is 0. The molecule has 8 heavy (non-hydrogen) atoms. The van der Waals surface area contributed by atoms with Crippen LogP contribution in [-0.2, 0) is 0 Å². The zero-order chi connectivity index (χ0) is 0. The van der Waals surface area contributed by atoms with Gasteiger partial charge in [0.05, 0.1) is 0 Å². The molecule has 0 aliphatic rings. The summed E-state index contributed by atoms with van der Waals surface area (Å²) in [6.45, 7) is 0. The van der Waals surface area contributed by atoms with E-state index in [1.807, 2.05) is 0 Å². The SMILES string of the molecule is F.F.F.F.[GeH4].[GeH4].[GeH4].[GeH4]. The third kappa shape index (κ3) is 105. The van der Waals surface area contributed by atoms with Crippen molar-refractivity contribution in [3.8, 4) is 0 Å². The van der Waals surface area contributed by atoms with Gasteiger partial charge in [-0.15, -0.1) is 0 Å². The predicted octanol–water partition coefficient (Wildman–Crippen LogP) is -5.20. The summed E-state index contributed by atoms with van der Waals surface area (Å²) in [6.07, 6.45) is 0. The van der Waals surface area contributed by atoms with E-state index in [9.17, 15) is 0 Å². The van der Waals surface area contributed by atoms with Crippen LogP contribution >= 0.6 is 0 Å². The number of hydrogen-bond donors (Lipinski definition) is 0. The standard InChI is InChI=1S/4FH.4GeH4/h4*1H;4*1H4. The van der Waals surface area contributed by atoms with Crippen LogP contribution < -0.4 is 0 Å². The second-order valence-corrected chi connectivity index (χ2v) is 0. The first kappa shape index (κ1) is 219. The van der Waals surface area contributed by atoms with Crippen LogP contribution in [0.15, 0.2) is 0 Å². The van der Waals surface area contributed by atoms with Crippen molar-refractivity contribution in [3.63, 3.8) is 0 Å². The molecule has 0 amide bonds. The fourth-order valence-corrected chi connectivity index (χ4v) is 0. The molecule has 0 aromatic heterocycles. The van der Waals surface area contributed by atoms with Gasteiger partial charge in [0, 0.05) is 0 Å². The average Bonchev–Trinajstić information content (AvgIpc) is 0. The molecule has 0 bridgehead atoms. The monoisotopic (exact) mass is 392 g/mol. The molecule has 0 atom stereocenters. The van der Waals surface area contributed by atoms with E-state index in [4.69, 9.17) is 0 Å². The van der Waals surface area contributed by atoms with E-state index in [-0.39, 0.29) is 89.2 Å². The number of halogens is 4. The Kier molecular flexibility index (Phi) is 4230. The Morgan fingerprint density at radius 3 is 0.250 bits per heavy atom. The van der Waals surface area contributed by atoms with Crippen molar-refractivity contribution in [3.05, 3.63) is 0 Å². The second-order valence-electron chi connectivity index (χ2n) is 0. The molecule has 0 radical (unpaired) electrons. The third-order valence-corrected chi connectivity index (χ3v) is 0. The van der Waals surface area contributed by atoms with E-state index in [0.29, 0.717) is 0 Å². The van der Waals surface area contributed by atoms with Crippen LogP contribution in [-0.4, -0.2) is 70.4 Å². The Bertz CT molecular complexity index is 8.00. The van der Waals surface area contributed by atoms with Crippen molar-refractivity contribution >= 4 is 70.4 Å². The molecule has 0 aromatic rings. The summed E-state index contributed by atoms with van der Waals surface area (Å²) >= 11 is 0. The van der Waals surface area contributed by atoms with Crippen molar-refractivity contribution in [2.24, 2.45) is 0 Å². The molecule has 0 aromatic carbocycles. The van der Waals surface area contributed by atoms with E-state index in [1.54, 1.807) is 0 Å². The van der Waals surface area contributed by atoms with Gasteiger partial charge in [-0.1, -0.05) is 0 Å². The maximum absolute atomic E-state index is 0. The average molecular weight is 387 g/mol. The van der Waals surface area contributed by atoms with Crippen molar-refractivity contribution in [1.29, 1.82) is 0 Å². The van der Waals surface area contributed by atoms with Gasteiger partial charge < -0.3 is 0 Å². The Hall–Kier alpha value is 1.89. The molecule has 0 saturated carbocycles. The normalized spacial score (nSPS) is 0. The minimum absolute atomic E-state index is 0. The molecule has 0 N–H and O–H groups in total. The zero-order valence-electron chi connectivity index (χ0n) is 1.63. The van der Waals surface area contributed by atoms with E-state index < -0.39 is 0 Å². The maximum atomic E-state index is 0. The van der Waals surface area contributed by atoms with Crippen LogP contribution in [0.1, 0.15) is 0 Å². The molecule has 0 heterocycles. The van der Waals surface area contributed by atoms with Gasteiger partial charge in [-0.2, -0.15) is 0 Å². The second kappa shape index (κ2) is 155. The molecule has 0 unspecified atom stereocenters. The minimum atomic E-state index is 0. The number of rotatable bonds is 0. The molecule has 64 valence electrons. The van der Waals surface area contributed by atoms with E-state index in [2.05, 4.69) is 0 Å². The summed E-state index contributed by atoms with van der Waals surface area (Å²) in [5.41, 5.74) is 0. The van der Waals surface area contributed by atoms with Gasteiger partial charge >= 0.3 is 70.4 Å². The van der Waals surface area contributed by atoms with Crippen LogP contribution in [0.5, 0.6) is 0 Å². The molecule has 0 nitrogen and oxygen atoms in total. The van der Waals surface area contributed by atoms with Crippen LogP contribution in [0.2, 0.25) is 0 Å². The van der Waals surface area contributed by atoms with Gasteiger partial charge in [0.2, 0.25) is 0 Å². The molecule has 8 heteroatoms. The molecule has 0 aliphatic carbocycles. The molecule has 0 fully saturated rings. The summed E-state index contributed by atoms with van der Waals surface area (Å²) in [7, 11) is 0. The molecule has 0 spiro atoms. The predicted molar refractivity (Wildman–Crippen MR) is 55.3 cm³/mol. The van der Waals surface area contributed by atoms with Crippen LogP contribution in [0.4, 0.5) is 18.8 Å². The Morgan fingerprint density at radius 2 is 0.250 bits per heavy atom. The van der Waals surface area contributed by atoms with Gasteiger partial charge in [-0.05, 0) is 0 Å². The Balaban J connectivity index is 0. The molecular formula is H20F4Ge4. The summed E-state index contributed by atoms with van der Waals surface area (Å²) in [5.74, 6) is 0. The molecule has 0 rings (SSSR count). The van der Waals surface area contributed by atoms with Crippen molar-refractivity contribution in [2.45, 2.75) is 0 Å². The molecule has 0 saturated heterocycles. The topological polar surface area (TPSA) is 0 Å². The first-order chi connectivity index (χ1) is 0. The summed E-state index contributed by atoms with van der Waals surface area (Å²) in [4.78, 5) is 0. The van der Waals surface area contributed by atoms with Gasteiger partial charge in [0.1, 0.15) is 0 Å². The van der Waals surface area contributed by atoms with Crippen LogP contribution in [0.3, 0.4) is 0 Å². The van der Waals surface area contributed by atoms with Gasteiger partial charge in [0.15, 0.2) is 0 Å². The molecule has 0 aliphatic heterocycles. The van der Waals surface area contributed by atoms with Crippen LogP contribution in [0.25, 0.3) is 0 Å². The van der Waals surface area contributed by atoms with Gasteiger partial charge in [-0.25, -0.2) is 0 Å². The van der Waals surface area contributed by atoms with Gasteiger partial charge in [0.25, 0.3) is 0 Å². The van der Waals surface area contributed by atoms with E-state index >= 15 is 0 Å².